The van der Waals surface area contributed by atoms with Crippen molar-refractivity contribution >= 4 is 5.82 Å². The van der Waals surface area contributed by atoms with Crippen molar-refractivity contribution in [3.63, 3.8) is 0 Å². The molecular weight excluding hydrogens is 226 g/mol. The van der Waals surface area contributed by atoms with Gasteiger partial charge in [-0.25, -0.2) is 4.98 Å². The lowest BCUT2D eigenvalue weighted by Gasteiger charge is -2.29. The highest BCUT2D eigenvalue weighted by molar-refractivity contribution is 5.41. The van der Waals surface area contributed by atoms with Crippen LogP contribution in [-0.4, -0.2) is 36.3 Å². The van der Waals surface area contributed by atoms with Crippen LogP contribution in [0.3, 0.4) is 0 Å². The largest absolute Gasteiger partial charge is 0.394 e. The standard InChI is InChI=1S/C14H23N3O/c1-15-9-12-6-7-14(16-10-12)17-8-4-2-3-5-13(17)11-18/h6-7,10,13,15,18H,2-5,8-9,11H2,1H3. The summed E-state index contributed by atoms with van der Waals surface area (Å²) in [7, 11) is 1.94. The summed E-state index contributed by atoms with van der Waals surface area (Å²) in [4.78, 5) is 6.80. The molecule has 0 aromatic carbocycles. The number of aliphatic hydroxyl groups is 1. The first kappa shape index (κ1) is 13.3. The number of hydrogen-bond acceptors (Lipinski definition) is 4. The van der Waals surface area contributed by atoms with Crippen LogP contribution in [0.1, 0.15) is 31.2 Å². The average Bonchev–Trinajstić information content (AvgIpc) is 2.65. The van der Waals surface area contributed by atoms with Gasteiger partial charge in [-0.15, -0.1) is 0 Å². The van der Waals surface area contributed by atoms with Crippen molar-refractivity contribution in [2.24, 2.45) is 0 Å². The van der Waals surface area contributed by atoms with Gasteiger partial charge in [-0.3, -0.25) is 0 Å². The van der Waals surface area contributed by atoms with Gasteiger partial charge in [-0.2, -0.15) is 0 Å². The maximum absolute atomic E-state index is 9.51. The van der Waals surface area contributed by atoms with Crippen molar-refractivity contribution in [3.8, 4) is 0 Å². The van der Waals surface area contributed by atoms with Gasteiger partial charge >= 0.3 is 0 Å². The third-order valence-corrected chi connectivity index (χ3v) is 3.57. The van der Waals surface area contributed by atoms with Crippen molar-refractivity contribution in [2.45, 2.75) is 38.3 Å². The molecule has 1 aliphatic heterocycles. The van der Waals surface area contributed by atoms with E-state index in [1.807, 2.05) is 13.2 Å². The fraction of sp³-hybridized carbons (Fsp3) is 0.643. The molecule has 0 amide bonds. The molecule has 0 saturated carbocycles. The summed E-state index contributed by atoms with van der Waals surface area (Å²) in [5.74, 6) is 0.996. The molecule has 0 bridgehead atoms. The van der Waals surface area contributed by atoms with Gasteiger partial charge in [0.25, 0.3) is 0 Å². The van der Waals surface area contributed by atoms with Crippen LogP contribution in [0.5, 0.6) is 0 Å². The Morgan fingerprint density at radius 3 is 2.94 bits per heavy atom. The topological polar surface area (TPSA) is 48.4 Å². The average molecular weight is 249 g/mol. The zero-order valence-electron chi connectivity index (χ0n) is 11.1. The Morgan fingerprint density at radius 1 is 1.39 bits per heavy atom. The van der Waals surface area contributed by atoms with Crippen LogP contribution < -0.4 is 10.2 Å². The Labute approximate surface area is 109 Å². The predicted octanol–water partition coefficient (Wildman–Crippen LogP) is 1.54. The molecule has 0 aliphatic carbocycles. The number of anilines is 1. The predicted molar refractivity (Wildman–Crippen MR) is 73.7 cm³/mol. The third-order valence-electron chi connectivity index (χ3n) is 3.57. The van der Waals surface area contributed by atoms with Crippen LogP contribution in [-0.2, 0) is 6.54 Å². The van der Waals surface area contributed by atoms with Crippen LogP contribution >= 0.6 is 0 Å². The molecule has 1 aromatic heterocycles. The first-order valence-corrected chi connectivity index (χ1v) is 6.82. The molecule has 1 aliphatic rings. The Morgan fingerprint density at radius 2 is 2.28 bits per heavy atom. The number of aliphatic hydroxyl groups excluding tert-OH is 1. The van der Waals surface area contributed by atoms with Gasteiger partial charge < -0.3 is 15.3 Å². The van der Waals surface area contributed by atoms with Gasteiger partial charge in [0.2, 0.25) is 0 Å². The highest BCUT2D eigenvalue weighted by Gasteiger charge is 2.21. The number of aromatic nitrogens is 1. The van der Waals surface area contributed by atoms with Gasteiger partial charge in [-0.05, 0) is 31.5 Å². The molecule has 4 nitrogen and oxygen atoms in total. The van der Waals surface area contributed by atoms with Crippen molar-refractivity contribution in [1.82, 2.24) is 10.3 Å². The van der Waals surface area contributed by atoms with Crippen LogP contribution in [0.15, 0.2) is 18.3 Å². The van der Waals surface area contributed by atoms with Crippen molar-refractivity contribution in [2.75, 3.05) is 25.1 Å². The zero-order chi connectivity index (χ0) is 12.8. The Balaban J connectivity index is 2.11. The number of nitrogens with zero attached hydrogens (tertiary/aromatic N) is 2. The maximum atomic E-state index is 9.51. The van der Waals surface area contributed by atoms with E-state index in [2.05, 4.69) is 27.3 Å². The molecule has 1 atom stereocenters. The van der Waals surface area contributed by atoms with Gasteiger partial charge in [0, 0.05) is 19.3 Å². The SMILES string of the molecule is CNCc1ccc(N2CCCCCC2CO)nc1. The van der Waals surface area contributed by atoms with E-state index in [0.29, 0.717) is 0 Å². The number of pyridine rings is 1. The second-order valence-corrected chi connectivity index (χ2v) is 4.93. The van der Waals surface area contributed by atoms with Gasteiger partial charge in [-0.1, -0.05) is 18.9 Å². The second-order valence-electron chi connectivity index (χ2n) is 4.93. The molecule has 100 valence electrons. The summed E-state index contributed by atoms with van der Waals surface area (Å²) in [6.45, 7) is 2.07. The molecule has 1 fully saturated rings. The van der Waals surface area contributed by atoms with Crippen LogP contribution in [0.2, 0.25) is 0 Å². The van der Waals surface area contributed by atoms with Crippen molar-refractivity contribution in [1.29, 1.82) is 0 Å². The van der Waals surface area contributed by atoms with E-state index in [9.17, 15) is 5.11 Å². The first-order valence-electron chi connectivity index (χ1n) is 6.82. The minimum absolute atomic E-state index is 0.222. The van der Waals surface area contributed by atoms with E-state index in [0.717, 1.165) is 25.3 Å². The van der Waals surface area contributed by atoms with E-state index in [4.69, 9.17) is 0 Å². The quantitative estimate of drug-likeness (QED) is 0.850. The number of hydrogen-bond donors (Lipinski definition) is 2. The van der Waals surface area contributed by atoms with Crippen molar-refractivity contribution in [3.05, 3.63) is 23.9 Å². The lowest BCUT2D eigenvalue weighted by Crippen LogP contribution is -2.38. The van der Waals surface area contributed by atoms with Crippen LogP contribution in [0.25, 0.3) is 0 Å². The minimum Gasteiger partial charge on any atom is -0.394 e. The van der Waals surface area contributed by atoms with E-state index in [1.165, 1.54) is 24.8 Å². The molecule has 18 heavy (non-hydrogen) atoms. The highest BCUT2D eigenvalue weighted by atomic mass is 16.3. The molecule has 4 heteroatoms. The lowest BCUT2D eigenvalue weighted by molar-refractivity contribution is 0.254. The maximum Gasteiger partial charge on any atom is 0.128 e. The normalized spacial score (nSPS) is 20.8. The monoisotopic (exact) mass is 249 g/mol. The number of rotatable bonds is 4. The smallest absolute Gasteiger partial charge is 0.128 e. The summed E-state index contributed by atoms with van der Waals surface area (Å²) < 4.78 is 0. The van der Waals surface area contributed by atoms with Gasteiger partial charge in [0.15, 0.2) is 0 Å². The lowest BCUT2D eigenvalue weighted by atomic mass is 10.1. The van der Waals surface area contributed by atoms with Gasteiger partial charge in [0.05, 0.1) is 12.6 Å². The van der Waals surface area contributed by atoms with Crippen LogP contribution in [0, 0.1) is 0 Å². The Bertz CT molecular complexity index is 353. The van der Waals surface area contributed by atoms with E-state index >= 15 is 0 Å². The molecule has 2 heterocycles. The zero-order valence-corrected chi connectivity index (χ0v) is 11.1. The number of nitrogens with one attached hydrogen (secondary N) is 1. The summed E-state index contributed by atoms with van der Waals surface area (Å²) in [5, 5.41) is 12.6. The molecule has 2 rings (SSSR count). The van der Waals surface area contributed by atoms with Crippen molar-refractivity contribution < 1.29 is 5.11 Å². The summed E-state index contributed by atoms with van der Waals surface area (Å²) >= 11 is 0. The molecule has 2 N–H and O–H groups in total. The highest BCUT2D eigenvalue weighted by Crippen LogP contribution is 2.22. The van der Waals surface area contributed by atoms with E-state index in [-0.39, 0.29) is 12.6 Å². The Hall–Kier alpha value is -1.13. The first-order chi connectivity index (χ1) is 8.85. The van der Waals surface area contributed by atoms with E-state index < -0.39 is 0 Å². The summed E-state index contributed by atoms with van der Waals surface area (Å²) in [5.41, 5.74) is 1.19. The van der Waals surface area contributed by atoms with E-state index in [1.54, 1.807) is 0 Å². The molecule has 1 unspecified atom stereocenters. The van der Waals surface area contributed by atoms with Gasteiger partial charge in [0.1, 0.15) is 5.82 Å². The molecule has 0 spiro atoms. The molecule has 1 aromatic rings. The summed E-state index contributed by atoms with van der Waals surface area (Å²) in [6, 6.07) is 4.41. The summed E-state index contributed by atoms with van der Waals surface area (Å²) in [6.07, 6.45) is 6.64. The second kappa shape index (κ2) is 6.71. The molecule has 0 radical (unpaired) electrons. The molecule has 1 saturated heterocycles. The van der Waals surface area contributed by atoms with Crippen LogP contribution in [0.4, 0.5) is 5.82 Å². The Kier molecular flexibility index (Phi) is 4.96. The fourth-order valence-electron chi connectivity index (χ4n) is 2.56. The third kappa shape index (κ3) is 3.21. The minimum atomic E-state index is 0.222. The fourth-order valence-corrected chi connectivity index (χ4v) is 2.56. The molecular formula is C14H23N3O.